The smallest absolute Gasteiger partial charge is 0.259 e. The summed E-state index contributed by atoms with van der Waals surface area (Å²) in [6.07, 6.45) is 3.91. The summed E-state index contributed by atoms with van der Waals surface area (Å²) < 4.78 is 9.21. The van der Waals surface area contributed by atoms with Crippen LogP contribution in [0.2, 0.25) is 0 Å². The SMILES string of the molecule is COc1cccc(N2CCN(C(=O)c3c(C)nn(-c4ccc(C)cc4)c3-n3cccc3)CC2)c1. The quantitative estimate of drug-likeness (QED) is 0.452. The van der Waals surface area contributed by atoms with Crippen molar-refractivity contribution in [3.8, 4) is 17.3 Å². The number of carbonyl (C=O) groups excluding carboxylic acids is 1. The van der Waals surface area contributed by atoms with Crippen LogP contribution >= 0.6 is 0 Å². The van der Waals surface area contributed by atoms with E-state index >= 15 is 0 Å². The first-order chi connectivity index (χ1) is 16.5. The molecule has 0 aliphatic carbocycles. The maximum absolute atomic E-state index is 13.8. The Kier molecular flexibility index (Phi) is 5.84. The number of carbonyl (C=O) groups is 1. The first-order valence-electron chi connectivity index (χ1n) is 11.5. The molecule has 1 amide bonds. The first kappa shape index (κ1) is 21.8. The Hall–Kier alpha value is -4.00. The van der Waals surface area contributed by atoms with Gasteiger partial charge in [0.1, 0.15) is 11.3 Å². The average molecular weight is 456 g/mol. The van der Waals surface area contributed by atoms with Gasteiger partial charge in [-0.2, -0.15) is 5.10 Å². The second-order valence-electron chi connectivity index (χ2n) is 8.60. The molecule has 0 radical (unpaired) electrons. The number of ether oxygens (including phenoxy) is 1. The zero-order valence-electron chi connectivity index (χ0n) is 19.8. The molecule has 1 saturated heterocycles. The van der Waals surface area contributed by atoms with Gasteiger partial charge in [-0.25, -0.2) is 4.68 Å². The number of rotatable bonds is 5. The molecule has 0 unspecified atom stereocenters. The number of hydrogen-bond donors (Lipinski definition) is 0. The van der Waals surface area contributed by atoms with Crippen molar-refractivity contribution in [2.75, 3.05) is 38.2 Å². The Morgan fingerprint density at radius 2 is 1.59 bits per heavy atom. The van der Waals surface area contributed by atoms with Crippen molar-refractivity contribution >= 4 is 11.6 Å². The molecule has 7 nitrogen and oxygen atoms in total. The second-order valence-corrected chi connectivity index (χ2v) is 8.60. The number of benzene rings is 2. The van der Waals surface area contributed by atoms with Gasteiger partial charge < -0.3 is 19.1 Å². The van der Waals surface area contributed by atoms with E-state index in [0.29, 0.717) is 18.7 Å². The minimum absolute atomic E-state index is 0.0184. The lowest BCUT2D eigenvalue weighted by Gasteiger charge is -2.36. The summed E-state index contributed by atoms with van der Waals surface area (Å²) >= 11 is 0. The van der Waals surface area contributed by atoms with Gasteiger partial charge in [-0.1, -0.05) is 23.8 Å². The van der Waals surface area contributed by atoms with Gasteiger partial charge in [-0.15, -0.1) is 0 Å². The van der Waals surface area contributed by atoms with Crippen LogP contribution in [-0.2, 0) is 0 Å². The van der Waals surface area contributed by atoms with Crippen molar-refractivity contribution in [3.05, 3.63) is 89.9 Å². The minimum Gasteiger partial charge on any atom is -0.497 e. The summed E-state index contributed by atoms with van der Waals surface area (Å²) in [6, 6.07) is 20.2. The van der Waals surface area contributed by atoms with E-state index in [2.05, 4.69) is 30.0 Å². The number of aromatic nitrogens is 3. The fourth-order valence-electron chi connectivity index (χ4n) is 4.48. The van der Waals surface area contributed by atoms with Gasteiger partial charge in [-0.05, 0) is 50.2 Å². The predicted molar refractivity (Wildman–Crippen MR) is 133 cm³/mol. The Morgan fingerprint density at radius 3 is 2.26 bits per heavy atom. The molecule has 4 aromatic rings. The molecule has 3 heterocycles. The van der Waals surface area contributed by atoms with E-state index in [1.54, 1.807) is 7.11 Å². The van der Waals surface area contributed by atoms with Crippen molar-refractivity contribution in [3.63, 3.8) is 0 Å². The van der Waals surface area contributed by atoms with E-state index in [4.69, 9.17) is 9.84 Å². The summed E-state index contributed by atoms with van der Waals surface area (Å²) in [4.78, 5) is 18.0. The molecule has 7 heteroatoms. The molecular formula is C27H29N5O2. The Labute approximate surface area is 199 Å². The zero-order chi connectivity index (χ0) is 23.7. The van der Waals surface area contributed by atoms with Gasteiger partial charge in [0, 0.05) is 50.3 Å². The highest BCUT2D eigenvalue weighted by Gasteiger charge is 2.29. The maximum atomic E-state index is 13.8. The van der Waals surface area contributed by atoms with Gasteiger partial charge >= 0.3 is 0 Å². The van der Waals surface area contributed by atoms with Crippen molar-refractivity contribution in [1.82, 2.24) is 19.2 Å². The summed E-state index contributed by atoms with van der Waals surface area (Å²) in [5.41, 5.74) is 4.60. The van der Waals surface area contributed by atoms with Crippen LogP contribution in [0.4, 0.5) is 5.69 Å². The summed E-state index contributed by atoms with van der Waals surface area (Å²) in [5, 5.41) is 4.79. The molecule has 0 bridgehead atoms. The molecular weight excluding hydrogens is 426 g/mol. The highest BCUT2D eigenvalue weighted by Crippen LogP contribution is 2.27. The standard InChI is InChI=1S/C27H29N5O2/c1-20-9-11-22(12-10-20)32-26(30-13-4-5-14-30)25(21(2)28-32)27(33)31-17-15-29(16-18-31)23-7-6-8-24(19-23)34-3/h4-14,19H,15-18H2,1-3H3. The number of anilines is 1. The molecule has 0 N–H and O–H groups in total. The monoisotopic (exact) mass is 455 g/mol. The fraction of sp³-hybridized carbons (Fsp3) is 0.259. The number of methoxy groups -OCH3 is 1. The molecule has 1 fully saturated rings. The number of amides is 1. The fourth-order valence-corrected chi connectivity index (χ4v) is 4.48. The molecule has 0 spiro atoms. The highest BCUT2D eigenvalue weighted by atomic mass is 16.5. The molecule has 0 atom stereocenters. The minimum atomic E-state index is 0.0184. The van der Waals surface area contributed by atoms with Gasteiger partial charge in [0.15, 0.2) is 5.82 Å². The lowest BCUT2D eigenvalue weighted by molar-refractivity contribution is 0.0746. The third kappa shape index (κ3) is 4.05. The van der Waals surface area contributed by atoms with Crippen LogP contribution in [-0.4, -0.2) is 58.4 Å². The summed E-state index contributed by atoms with van der Waals surface area (Å²) in [7, 11) is 1.68. The number of aryl methyl sites for hydroxylation is 2. The highest BCUT2D eigenvalue weighted by molar-refractivity contribution is 5.99. The van der Waals surface area contributed by atoms with E-state index in [9.17, 15) is 4.79 Å². The van der Waals surface area contributed by atoms with Gasteiger partial charge in [0.2, 0.25) is 0 Å². The largest absolute Gasteiger partial charge is 0.497 e. The van der Waals surface area contributed by atoms with Crippen LogP contribution < -0.4 is 9.64 Å². The van der Waals surface area contributed by atoms with E-state index in [-0.39, 0.29) is 5.91 Å². The average Bonchev–Trinajstić information content (AvgIpc) is 3.52. The van der Waals surface area contributed by atoms with Gasteiger partial charge in [0.05, 0.1) is 18.5 Å². The number of nitrogens with zero attached hydrogens (tertiary/aromatic N) is 5. The van der Waals surface area contributed by atoms with Crippen molar-refractivity contribution in [1.29, 1.82) is 0 Å². The summed E-state index contributed by atoms with van der Waals surface area (Å²) in [5.74, 6) is 1.63. The molecule has 0 saturated carbocycles. The number of hydrogen-bond acceptors (Lipinski definition) is 4. The number of piperazine rings is 1. The van der Waals surface area contributed by atoms with E-state index in [1.165, 1.54) is 5.56 Å². The van der Waals surface area contributed by atoms with Gasteiger partial charge in [-0.3, -0.25) is 4.79 Å². The lowest BCUT2D eigenvalue weighted by atomic mass is 10.1. The van der Waals surface area contributed by atoms with Crippen LogP contribution in [0.1, 0.15) is 21.6 Å². The third-order valence-electron chi connectivity index (χ3n) is 6.36. The van der Waals surface area contributed by atoms with Crippen LogP contribution in [0, 0.1) is 13.8 Å². The second kappa shape index (κ2) is 9.09. The van der Waals surface area contributed by atoms with Crippen LogP contribution in [0.25, 0.3) is 11.5 Å². The van der Waals surface area contributed by atoms with Crippen LogP contribution in [0.5, 0.6) is 5.75 Å². The normalized spacial score (nSPS) is 13.9. The van der Waals surface area contributed by atoms with Crippen LogP contribution in [0.15, 0.2) is 73.1 Å². The summed E-state index contributed by atoms with van der Waals surface area (Å²) in [6.45, 7) is 6.81. The van der Waals surface area contributed by atoms with Crippen molar-refractivity contribution < 1.29 is 9.53 Å². The van der Waals surface area contributed by atoms with E-state index in [1.807, 2.05) is 75.9 Å². The topological polar surface area (TPSA) is 55.5 Å². The molecule has 1 aliphatic heterocycles. The lowest BCUT2D eigenvalue weighted by Crippen LogP contribution is -2.49. The maximum Gasteiger partial charge on any atom is 0.259 e. The molecule has 34 heavy (non-hydrogen) atoms. The predicted octanol–water partition coefficient (Wildman–Crippen LogP) is 4.25. The molecule has 174 valence electrons. The molecule has 5 rings (SSSR count). The third-order valence-corrected chi connectivity index (χ3v) is 6.36. The molecule has 2 aromatic heterocycles. The van der Waals surface area contributed by atoms with E-state index < -0.39 is 0 Å². The Morgan fingerprint density at radius 1 is 0.882 bits per heavy atom. The van der Waals surface area contributed by atoms with Crippen molar-refractivity contribution in [2.24, 2.45) is 0 Å². The zero-order valence-corrected chi connectivity index (χ0v) is 19.8. The van der Waals surface area contributed by atoms with Crippen LogP contribution in [0.3, 0.4) is 0 Å². The van der Waals surface area contributed by atoms with Gasteiger partial charge in [0.25, 0.3) is 5.91 Å². The Balaban J connectivity index is 1.43. The molecule has 2 aromatic carbocycles. The Bertz CT molecular complexity index is 1280. The molecule has 1 aliphatic rings. The first-order valence-corrected chi connectivity index (χ1v) is 11.5. The van der Waals surface area contributed by atoms with E-state index in [0.717, 1.165) is 41.7 Å². The van der Waals surface area contributed by atoms with Crippen molar-refractivity contribution in [2.45, 2.75) is 13.8 Å².